The van der Waals surface area contributed by atoms with Crippen molar-refractivity contribution in [1.29, 1.82) is 0 Å². The summed E-state index contributed by atoms with van der Waals surface area (Å²) in [5, 5.41) is 18.7. The fourth-order valence-corrected chi connectivity index (χ4v) is 2.64. The molecule has 0 unspecified atom stereocenters. The van der Waals surface area contributed by atoms with Gasteiger partial charge in [0.05, 0.1) is 0 Å². The van der Waals surface area contributed by atoms with Crippen LogP contribution >= 0.6 is 0 Å². The number of phenolic OH excluding ortho intramolecular Hbond substituents is 2. The van der Waals surface area contributed by atoms with Gasteiger partial charge in [0.15, 0.2) is 11.5 Å². The van der Waals surface area contributed by atoms with E-state index in [-0.39, 0.29) is 24.0 Å². The van der Waals surface area contributed by atoms with Crippen molar-refractivity contribution in [3.8, 4) is 11.5 Å². The zero-order chi connectivity index (χ0) is 15.2. The summed E-state index contributed by atoms with van der Waals surface area (Å²) in [7, 11) is 0. The van der Waals surface area contributed by atoms with Gasteiger partial charge in [-0.3, -0.25) is 4.79 Å². The van der Waals surface area contributed by atoms with Gasteiger partial charge in [-0.2, -0.15) is 0 Å². The largest absolute Gasteiger partial charge is 0.504 e. The molecule has 0 bridgehead atoms. The number of aromatic hydroxyl groups is 2. The highest BCUT2D eigenvalue weighted by Gasteiger charge is 2.21. The minimum atomic E-state index is -0.753. The van der Waals surface area contributed by atoms with Crippen LogP contribution < -0.4 is 5.73 Å². The molecule has 0 radical (unpaired) electrons. The molecule has 0 heterocycles. The number of benzene rings is 1. The molecule has 116 valence electrons. The summed E-state index contributed by atoms with van der Waals surface area (Å²) in [6.45, 7) is 0. The van der Waals surface area contributed by atoms with Crippen LogP contribution in [0.2, 0.25) is 0 Å². The summed E-state index contributed by atoms with van der Waals surface area (Å²) in [5.41, 5.74) is 6.57. The Labute approximate surface area is 124 Å². The molecule has 1 aliphatic carbocycles. The molecule has 1 fully saturated rings. The molecule has 1 aromatic carbocycles. The number of rotatable bonds is 4. The predicted molar refractivity (Wildman–Crippen MR) is 79.0 cm³/mol. The van der Waals surface area contributed by atoms with Crippen LogP contribution in [0.5, 0.6) is 11.5 Å². The first-order valence-corrected chi connectivity index (χ1v) is 7.53. The van der Waals surface area contributed by atoms with Crippen molar-refractivity contribution in [2.75, 3.05) is 0 Å². The van der Waals surface area contributed by atoms with E-state index in [4.69, 9.17) is 10.5 Å². The average molecular weight is 293 g/mol. The highest BCUT2D eigenvalue weighted by atomic mass is 16.5. The number of carbonyl (C=O) groups is 1. The summed E-state index contributed by atoms with van der Waals surface area (Å²) in [6.07, 6.45) is 6.69. The van der Waals surface area contributed by atoms with E-state index in [9.17, 15) is 15.0 Å². The van der Waals surface area contributed by atoms with E-state index < -0.39 is 12.0 Å². The molecule has 0 spiro atoms. The smallest absolute Gasteiger partial charge is 0.323 e. The maximum absolute atomic E-state index is 12.0. The van der Waals surface area contributed by atoms with E-state index >= 15 is 0 Å². The minimum absolute atomic E-state index is 0.0146. The molecule has 0 amide bonds. The van der Waals surface area contributed by atoms with Gasteiger partial charge in [-0.15, -0.1) is 0 Å². The van der Waals surface area contributed by atoms with Crippen molar-refractivity contribution >= 4 is 5.97 Å². The molecular formula is C16H23NO4. The van der Waals surface area contributed by atoms with Crippen LogP contribution in [0.15, 0.2) is 18.2 Å². The average Bonchev–Trinajstić information content (AvgIpc) is 2.71. The molecular weight excluding hydrogens is 270 g/mol. The van der Waals surface area contributed by atoms with Gasteiger partial charge in [-0.25, -0.2) is 0 Å². The normalized spacial score (nSPS) is 18.0. The molecule has 2 rings (SSSR count). The van der Waals surface area contributed by atoms with E-state index in [1.807, 2.05) is 0 Å². The Hall–Kier alpha value is -1.75. The van der Waals surface area contributed by atoms with E-state index in [1.54, 1.807) is 6.07 Å². The highest BCUT2D eigenvalue weighted by molar-refractivity contribution is 5.76. The molecule has 1 atom stereocenters. The quantitative estimate of drug-likeness (QED) is 0.450. The van der Waals surface area contributed by atoms with Crippen molar-refractivity contribution in [2.24, 2.45) is 5.73 Å². The van der Waals surface area contributed by atoms with Crippen LogP contribution in [-0.2, 0) is 16.0 Å². The number of ether oxygens (including phenoxy) is 1. The van der Waals surface area contributed by atoms with Crippen molar-refractivity contribution < 1.29 is 19.7 Å². The van der Waals surface area contributed by atoms with Crippen LogP contribution in [0.3, 0.4) is 0 Å². The van der Waals surface area contributed by atoms with Gasteiger partial charge in [0, 0.05) is 0 Å². The van der Waals surface area contributed by atoms with Gasteiger partial charge in [0.1, 0.15) is 12.1 Å². The summed E-state index contributed by atoms with van der Waals surface area (Å²) < 4.78 is 5.48. The third-order valence-electron chi connectivity index (χ3n) is 3.88. The van der Waals surface area contributed by atoms with Gasteiger partial charge in [0.25, 0.3) is 0 Å². The minimum Gasteiger partial charge on any atom is -0.504 e. The second-order valence-corrected chi connectivity index (χ2v) is 5.68. The van der Waals surface area contributed by atoms with Crippen LogP contribution in [0.25, 0.3) is 0 Å². The molecule has 5 nitrogen and oxygen atoms in total. The van der Waals surface area contributed by atoms with Gasteiger partial charge in [-0.05, 0) is 49.8 Å². The third kappa shape index (κ3) is 4.63. The zero-order valence-electron chi connectivity index (χ0n) is 12.1. The Bertz CT molecular complexity index is 481. The first kappa shape index (κ1) is 15.6. The van der Waals surface area contributed by atoms with Crippen LogP contribution in [0, 0.1) is 0 Å². The van der Waals surface area contributed by atoms with Crippen molar-refractivity contribution in [1.82, 2.24) is 0 Å². The van der Waals surface area contributed by atoms with E-state index in [1.165, 1.54) is 25.0 Å². The van der Waals surface area contributed by atoms with Crippen LogP contribution in [-0.4, -0.2) is 28.3 Å². The van der Waals surface area contributed by atoms with E-state index in [0.29, 0.717) is 5.56 Å². The number of phenols is 2. The Morgan fingerprint density at radius 3 is 2.48 bits per heavy atom. The maximum atomic E-state index is 12.0. The molecule has 1 aromatic rings. The van der Waals surface area contributed by atoms with Gasteiger partial charge >= 0.3 is 5.97 Å². The van der Waals surface area contributed by atoms with Crippen LogP contribution in [0.1, 0.15) is 44.1 Å². The summed E-state index contributed by atoms with van der Waals surface area (Å²) in [5.74, 6) is -0.792. The fraction of sp³-hybridized carbons (Fsp3) is 0.562. The van der Waals surface area contributed by atoms with Gasteiger partial charge in [-0.1, -0.05) is 18.9 Å². The standard InChI is InChI=1S/C16H23NO4/c17-13(9-11-7-8-14(18)15(19)10-11)16(20)21-12-5-3-1-2-4-6-12/h7-8,10,12-13,18-19H,1-6,9,17H2/t13-/m0/s1. The molecule has 1 aliphatic rings. The Kier molecular flexibility index (Phi) is 5.44. The number of hydrogen-bond donors (Lipinski definition) is 3. The van der Waals surface area contributed by atoms with E-state index in [0.717, 1.165) is 25.7 Å². The lowest BCUT2D eigenvalue weighted by Gasteiger charge is -2.18. The first-order valence-electron chi connectivity index (χ1n) is 7.53. The highest BCUT2D eigenvalue weighted by Crippen LogP contribution is 2.25. The lowest BCUT2D eigenvalue weighted by molar-refractivity contribution is -0.151. The lowest BCUT2D eigenvalue weighted by atomic mass is 10.1. The maximum Gasteiger partial charge on any atom is 0.323 e. The van der Waals surface area contributed by atoms with E-state index in [2.05, 4.69) is 0 Å². The molecule has 0 aliphatic heterocycles. The summed E-state index contributed by atoms with van der Waals surface area (Å²) in [4.78, 5) is 12.0. The Balaban J connectivity index is 1.87. The second-order valence-electron chi connectivity index (χ2n) is 5.68. The topological polar surface area (TPSA) is 92.8 Å². The molecule has 4 N–H and O–H groups in total. The SMILES string of the molecule is N[C@@H](Cc1ccc(O)c(O)c1)C(=O)OC1CCCCCC1. The fourth-order valence-electron chi connectivity index (χ4n) is 2.64. The molecule has 0 saturated heterocycles. The number of nitrogens with two attached hydrogens (primary N) is 1. The predicted octanol–water partition coefficient (Wildman–Crippen LogP) is 2.23. The van der Waals surface area contributed by atoms with Crippen molar-refractivity contribution in [2.45, 2.75) is 57.1 Å². The molecule has 21 heavy (non-hydrogen) atoms. The summed E-state index contributed by atoms with van der Waals surface area (Å²) >= 11 is 0. The summed E-state index contributed by atoms with van der Waals surface area (Å²) in [6, 6.07) is 3.67. The molecule has 5 heteroatoms. The Morgan fingerprint density at radius 1 is 1.19 bits per heavy atom. The Morgan fingerprint density at radius 2 is 1.86 bits per heavy atom. The third-order valence-corrected chi connectivity index (χ3v) is 3.88. The zero-order valence-corrected chi connectivity index (χ0v) is 12.1. The van der Waals surface area contributed by atoms with Crippen LogP contribution in [0.4, 0.5) is 0 Å². The number of esters is 1. The van der Waals surface area contributed by atoms with Gasteiger partial charge in [0.2, 0.25) is 0 Å². The lowest BCUT2D eigenvalue weighted by Crippen LogP contribution is -2.36. The molecule has 0 aromatic heterocycles. The number of carbonyl (C=O) groups excluding carboxylic acids is 1. The first-order chi connectivity index (χ1) is 10.1. The second kappa shape index (κ2) is 7.31. The number of hydrogen-bond acceptors (Lipinski definition) is 5. The van der Waals surface area contributed by atoms with Crippen molar-refractivity contribution in [3.05, 3.63) is 23.8 Å². The van der Waals surface area contributed by atoms with Gasteiger partial charge < -0.3 is 20.7 Å². The monoisotopic (exact) mass is 293 g/mol. The van der Waals surface area contributed by atoms with Crippen molar-refractivity contribution in [3.63, 3.8) is 0 Å². The molecule has 1 saturated carbocycles.